The van der Waals surface area contributed by atoms with Crippen molar-refractivity contribution in [1.29, 1.82) is 0 Å². The van der Waals surface area contributed by atoms with Crippen molar-refractivity contribution >= 4 is 0 Å². The van der Waals surface area contributed by atoms with Crippen LogP contribution in [-0.2, 0) is 6.54 Å². The lowest BCUT2D eigenvalue weighted by Crippen LogP contribution is -2.19. The van der Waals surface area contributed by atoms with Gasteiger partial charge in [-0.05, 0) is 37.1 Å². The normalized spacial score (nSPS) is 14.8. The van der Waals surface area contributed by atoms with E-state index in [0.717, 1.165) is 18.0 Å². The number of nitrogens with one attached hydrogen (secondary N) is 1. The highest BCUT2D eigenvalue weighted by Gasteiger charge is 2.14. The fourth-order valence-corrected chi connectivity index (χ4v) is 2.54. The monoisotopic (exact) mass is 283 g/mol. The summed E-state index contributed by atoms with van der Waals surface area (Å²) >= 11 is 0. The Morgan fingerprint density at radius 3 is 2.67 bits per heavy atom. The van der Waals surface area contributed by atoms with Crippen LogP contribution in [0.5, 0.6) is 11.5 Å². The second-order valence-corrected chi connectivity index (χ2v) is 5.49. The molecular weight excluding hydrogens is 262 g/mol. The van der Waals surface area contributed by atoms with Crippen LogP contribution in [-0.4, -0.2) is 13.2 Å². The molecule has 0 saturated carbocycles. The van der Waals surface area contributed by atoms with Gasteiger partial charge in [-0.3, -0.25) is 0 Å². The summed E-state index contributed by atoms with van der Waals surface area (Å²) in [4.78, 5) is 0. The number of hydrogen-bond donors (Lipinski definition) is 1. The van der Waals surface area contributed by atoms with Gasteiger partial charge >= 0.3 is 0 Å². The van der Waals surface area contributed by atoms with Gasteiger partial charge in [-0.15, -0.1) is 0 Å². The smallest absolute Gasteiger partial charge is 0.161 e. The summed E-state index contributed by atoms with van der Waals surface area (Å²) in [5.41, 5.74) is 3.81. The molecule has 0 spiro atoms. The Labute approximate surface area is 125 Å². The molecule has 1 heterocycles. The van der Waals surface area contributed by atoms with Gasteiger partial charge in [0.2, 0.25) is 0 Å². The van der Waals surface area contributed by atoms with Crippen LogP contribution in [0, 0.1) is 6.92 Å². The third-order valence-electron chi connectivity index (χ3n) is 3.76. The zero-order chi connectivity index (χ0) is 14.7. The number of hydrogen-bond acceptors (Lipinski definition) is 3. The van der Waals surface area contributed by atoms with Gasteiger partial charge in [0.05, 0.1) is 0 Å². The van der Waals surface area contributed by atoms with Crippen molar-refractivity contribution in [2.45, 2.75) is 26.4 Å². The van der Waals surface area contributed by atoms with Crippen molar-refractivity contribution < 1.29 is 9.47 Å². The largest absolute Gasteiger partial charge is 0.486 e. The summed E-state index contributed by atoms with van der Waals surface area (Å²) in [5, 5.41) is 3.55. The SMILES string of the molecule is Cc1cccc(CNC(C)c2ccc3c(c2)OCCO3)c1. The Morgan fingerprint density at radius 2 is 1.86 bits per heavy atom. The Hall–Kier alpha value is -2.00. The maximum atomic E-state index is 5.64. The summed E-state index contributed by atoms with van der Waals surface area (Å²) in [7, 11) is 0. The van der Waals surface area contributed by atoms with E-state index < -0.39 is 0 Å². The molecule has 110 valence electrons. The molecule has 0 saturated heterocycles. The molecule has 1 N–H and O–H groups in total. The number of rotatable bonds is 4. The van der Waals surface area contributed by atoms with Crippen LogP contribution in [0.3, 0.4) is 0 Å². The quantitative estimate of drug-likeness (QED) is 0.929. The average Bonchev–Trinajstić information content (AvgIpc) is 2.52. The molecule has 0 amide bonds. The minimum atomic E-state index is 0.265. The van der Waals surface area contributed by atoms with Crippen LogP contribution in [0.2, 0.25) is 0 Å². The Bertz CT molecular complexity index is 624. The summed E-state index contributed by atoms with van der Waals surface area (Å²) in [5.74, 6) is 1.69. The summed E-state index contributed by atoms with van der Waals surface area (Å²) < 4.78 is 11.2. The van der Waals surface area contributed by atoms with Crippen molar-refractivity contribution in [2.75, 3.05) is 13.2 Å². The van der Waals surface area contributed by atoms with E-state index in [1.165, 1.54) is 16.7 Å². The van der Waals surface area contributed by atoms with Crippen LogP contribution >= 0.6 is 0 Å². The molecule has 3 rings (SSSR count). The lowest BCUT2D eigenvalue weighted by molar-refractivity contribution is 0.171. The summed E-state index contributed by atoms with van der Waals surface area (Å²) in [6.45, 7) is 6.40. The van der Waals surface area contributed by atoms with Crippen molar-refractivity contribution in [2.24, 2.45) is 0 Å². The third-order valence-corrected chi connectivity index (χ3v) is 3.76. The van der Waals surface area contributed by atoms with Crippen LogP contribution in [0.1, 0.15) is 29.7 Å². The Morgan fingerprint density at radius 1 is 1.05 bits per heavy atom. The standard InChI is InChI=1S/C18H21NO2/c1-13-4-3-5-15(10-13)12-19-14(2)16-6-7-17-18(11-16)21-9-8-20-17/h3-7,10-11,14,19H,8-9,12H2,1-2H3. The summed E-state index contributed by atoms with van der Waals surface area (Å²) in [6, 6.07) is 15.0. The lowest BCUT2D eigenvalue weighted by Gasteiger charge is -2.21. The average molecular weight is 283 g/mol. The molecule has 1 aliphatic rings. The van der Waals surface area contributed by atoms with Gasteiger partial charge in [0, 0.05) is 12.6 Å². The lowest BCUT2D eigenvalue weighted by atomic mass is 10.1. The fourth-order valence-electron chi connectivity index (χ4n) is 2.54. The minimum absolute atomic E-state index is 0.265. The maximum Gasteiger partial charge on any atom is 0.161 e. The first kappa shape index (κ1) is 14.0. The minimum Gasteiger partial charge on any atom is -0.486 e. The van der Waals surface area contributed by atoms with Crippen molar-refractivity contribution in [1.82, 2.24) is 5.32 Å². The Kier molecular flexibility index (Phi) is 4.11. The topological polar surface area (TPSA) is 30.5 Å². The van der Waals surface area contributed by atoms with E-state index in [9.17, 15) is 0 Å². The van der Waals surface area contributed by atoms with Crippen LogP contribution in [0.25, 0.3) is 0 Å². The molecule has 2 aromatic carbocycles. The molecule has 3 heteroatoms. The molecule has 1 atom stereocenters. The number of aryl methyl sites for hydroxylation is 1. The molecule has 0 aromatic heterocycles. The van der Waals surface area contributed by atoms with Crippen LogP contribution < -0.4 is 14.8 Å². The molecule has 0 radical (unpaired) electrons. The number of benzene rings is 2. The van der Waals surface area contributed by atoms with E-state index in [1.54, 1.807) is 0 Å². The highest BCUT2D eigenvalue weighted by atomic mass is 16.6. The molecule has 3 nitrogen and oxygen atoms in total. The molecule has 0 fully saturated rings. The summed E-state index contributed by atoms with van der Waals surface area (Å²) in [6.07, 6.45) is 0. The third kappa shape index (κ3) is 3.37. The maximum absolute atomic E-state index is 5.64. The predicted octanol–water partition coefficient (Wildman–Crippen LogP) is 3.62. The van der Waals surface area contributed by atoms with Crippen LogP contribution in [0.15, 0.2) is 42.5 Å². The van der Waals surface area contributed by atoms with Gasteiger partial charge in [0.25, 0.3) is 0 Å². The number of fused-ring (bicyclic) bond motifs is 1. The first-order chi connectivity index (χ1) is 10.2. The van der Waals surface area contributed by atoms with E-state index in [1.807, 2.05) is 6.07 Å². The van der Waals surface area contributed by atoms with Gasteiger partial charge in [-0.25, -0.2) is 0 Å². The number of ether oxygens (including phenoxy) is 2. The highest BCUT2D eigenvalue weighted by molar-refractivity contribution is 5.44. The van der Waals surface area contributed by atoms with Crippen molar-refractivity contribution in [3.8, 4) is 11.5 Å². The second-order valence-electron chi connectivity index (χ2n) is 5.49. The first-order valence-corrected chi connectivity index (χ1v) is 7.41. The van der Waals surface area contributed by atoms with E-state index in [-0.39, 0.29) is 6.04 Å². The molecule has 21 heavy (non-hydrogen) atoms. The van der Waals surface area contributed by atoms with E-state index in [0.29, 0.717) is 13.2 Å². The molecule has 1 aliphatic heterocycles. The van der Waals surface area contributed by atoms with E-state index in [2.05, 4.69) is 55.6 Å². The second kappa shape index (κ2) is 6.19. The van der Waals surface area contributed by atoms with E-state index >= 15 is 0 Å². The highest BCUT2D eigenvalue weighted by Crippen LogP contribution is 2.32. The van der Waals surface area contributed by atoms with Crippen LogP contribution in [0.4, 0.5) is 0 Å². The van der Waals surface area contributed by atoms with Gasteiger partial charge in [0.1, 0.15) is 13.2 Å². The van der Waals surface area contributed by atoms with Gasteiger partial charge in [-0.1, -0.05) is 35.9 Å². The zero-order valence-electron chi connectivity index (χ0n) is 12.6. The molecule has 1 unspecified atom stereocenters. The van der Waals surface area contributed by atoms with Gasteiger partial charge < -0.3 is 14.8 Å². The van der Waals surface area contributed by atoms with E-state index in [4.69, 9.17) is 9.47 Å². The predicted molar refractivity (Wildman–Crippen MR) is 83.9 cm³/mol. The van der Waals surface area contributed by atoms with Gasteiger partial charge in [-0.2, -0.15) is 0 Å². The fraction of sp³-hybridized carbons (Fsp3) is 0.333. The molecule has 0 bridgehead atoms. The van der Waals surface area contributed by atoms with Crippen molar-refractivity contribution in [3.63, 3.8) is 0 Å². The zero-order valence-corrected chi connectivity index (χ0v) is 12.6. The Balaban J connectivity index is 1.66. The van der Waals surface area contributed by atoms with Gasteiger partial charge in [0.15, 0.2) is 11.5 Å². The molecule has 0 aliphatic carbocycles. The molecular formula is C18H21NO2. The first-order valence-electron chi connectivity index (χ1n) is 7.41. The molecule has 2 aromatic rings. The van der Waals surface area contributed by atoms with Crippen molar-refractivity contribution in [3.05, 3.63) is 59.2 Å².